The van der Waals surface area contributed by atoms with Gasteiger partial charge in [-0.15, -0.1) is 0 Å². The van der Waals surface area contributed by atoms with E-state index in [2.05, 4.69) is 45.9 Å². The highest BCUT2D eigenvalue weighted by molar-refractivity contribution is 5.36. The van der Waals surface area contributed by atoms with Gasteiger partial charge in [-0.3, -0.25) is 0 Å². The quantitative estimate of drug-likeness (QED) is 0.505. The Kier molecular flexibility index (Phi) is 8.83. The third-order valence-electron chi connectivity index (χ3n) is 5.53. The zero-order valence-corrected chi connectivity index (χ0v) is 15.9. The van der Waals surface area contributed by atoms with Crippen molar-refractivity contribution >= 4 is 0 Å². The average molecular weight is 303 g/mol. The molecule has 2 aliphatic carbocycles. The van der Waals surface area contributed by atoms with Crippen molar-refractivity contribution in [1.29, 1.82) is 0 Å². The molecule has 0 heterocycles. The molecule has 0 saturated heterocycles. The van der Waals surface area contributed by atoms with E-state index in [0.717, 1.165) is 17.8 Å². The number of rotatable bonds is 4. The molecule has 0 aromatic heterocycles. The van der Waals surface area contributed by atoms with Crippen LogP contribution in [0.5, 0.6) is 0 Å². The Balaban J connectivity index is 0.00000116. The summed E-state index contributed by atoms with van der Waals surface area (Å²) >= 11 is 0. The highest BCUT2D eigenvalue weighted by Gasteiger charge is 2.22. The van der Waals surface area contributed by atoms with Crippen LogP contribution in [0.1, 0.15) is 86.5 Å². The second kappa shape index (κ2) is 10.1. The van der Waals surface area contributed by atoms with Gasteiger partial charge in [0, 0.05) is 0 Å². The third-order valence-corrected chi connectivity index (χ3v) is 5.53. The predicted molar refractivity (Wildman–Crippen MR) is 101 cm³/mol. The second-order valence-electron chi connectivity index (χ2n) is 7.32. The van der Waals surface area contributed by atoms with E-state index < -0.39 is 0 Å². The molecule has 1 fully saturated rings. The van der Waals surface area contributed by atoms with Gasteiger partial charge in [-0.2, -0.15) is 0 Å². The van der Waals surface area contributed by atoms with Crippen molar-refractivity contribution in [3.05, 3.63) is 34.9 Å². The summed E-state index contributed by atoms with van der Waals surface area (Å²) < 4.78 is 0. The molecule has 2 aliphatic rings. The average Bonchev–Trinajstić information content (AvgIpc) is 2.55. The summed E-state index contributed by atoms with van der Waals surface area (Å²) in [6, 6.07) is 0. The molecule has 0 aromatic carbocycles. The second-order valence-corrected chi connectivity index (χ2v) is 7.32. The molecule has 0 bridgehead atoms. The van der Waals surface area contributed by atoms with Crippen LogP contribution in [0.3, 0.4) is 0 Å². The monoisotopic (exact) mass is 302 g/mol. The maximum absolute atomic E-state index is 2.50. The largest absolute Gasteiger partial charge is 0.0810 e. The Morgan fingerprint density at radius 3 is 2.32 bits per heavy atom. The van der Waals surface area contributed by atoms with Gasteiger partial charge in [0.1, 0.15) is 0 Å². The summed E-state index contributed by atoms with van der Waals surface area (Å²) in [7, 11) is 0. The highest BCUT2D eigenvalue weighted by atomic mass is 14.3. The number of allylic oxidation sites excluding steroid dienone is 6. The van der Waals surface area contributed by atoms with Crippen LogP contribution in [-0.2, 0) is 0 Å². The SMILES string of the molecule is CC.CC1=CC=C(/C(C)=C/CC(C)C2CCC(C)CC2)CC1. The molecule has 0 N–H and O–H groups in total. The van der Waals surface area contributed by atoms with Crippen molar-refractivity contribution in [2.24, 2.45) is 17.8 Å². The van der Waals surface area contributed by atoms with E-state index in [1.807, 2.05) is 13.8 Å². The first-order chi connectivity index (χ1) is 10.6. The van der Waals surface area contributed by atoms with E-state index in [9.17, 15) is 0 Å². The van der Waals surface area contributed by atoms with Crippen LogP contribution in [0, 0.1) is 17.8 Å². The molecule has 0 aromatic rings. The summed E-state index contributed by atoms with van der Waals surface area (Å²) in [6.07, 6.45) is 16.7. The van der Waals surface area contributed by atoms with Gasteiger partial charge in [0.05, 0.1) is 0 Å². The molecular weight excluding hydrogens is 264 g/mol. The van der Waals surface area contributed by atoms with Crippen molar-refractivity contribution in [2.75, 3.05) is 0 Å². The fourth-order valence-electron chi connectivity index (χ4n) is 3.61. The number of hydrogen-bond donors (Lipinski definition) is 0. The Morgan fingerprint density at radius 2 is 1.77 bits per heavy atom. The molecule has 1 unspecified atom stereocenters. The highest BCUT2D eigenvalue weighted by Crippen LogP contribution is 2.35. The molecule has 0 spiro atoms. The van der Waals surface area contributed by atoms with E-state index >= 15 is 0 Å². The van der Waals surface area contributed by atoms with Gasteiger partial charge < -0.3 is 0 Å². The molecule has 1 atom stereocenters. The lowest BCUT2D eigenvalue weighted by Gasteiger charge is -2.30. The fourth-order valence-corrected chi connectivity index (χ4v) is 3.61. The molecule has 0 aliphatic heterocycles. The maximum atomic E-state index is 2.50. The normalized spacial score (nSPS) is 27.3. The Bertz CT molecular complexity index is 400. The van der Waals surface area contributed by atoms with Crippen molar-refractivity contribution in [2.45, 2.75) is 86.5 Å². The third kappa shape index (κ3) is 6.15. The summed E-state index contributed by atoms with van der Waals surface area (Å²) in [4.78, 5) is 0. The molecule has 2 rings (SSSR count). The van der Waals surface area contributed by atoms with Gasteiger partial charge in [0.15, 0.2) is 0 Å². The molecule has 0 radical (unpaired) electrons. The van der Waals surface area contributed by atoms with Crippen LogP contribution in [0.2, 0.25) is 0 Å². The lowest BCUT2D eigenvalue weighted by Crippen LogP contribution is -2.18. The Labute approximate surface area is 139 Å². The minimum atomic E-state index is 0.860. The van der Waals surface area contributed by atoms with Gasteiger partial charge in [-0.05, 0) is 69.3 Å². The topological polar surface area (TPSA) is 0 Å². The maximum Gasteiger partial charge on any atom is -0.0239 e. The van der Waals surface area contributed by atoms with Crippen LogP contribution in [0.4, 0.5) is 0 Å². The summed E-state index contributed by atoms with van der Waals surface area (Å²) in [5, 5.41) is 0. The lowest BCUT2D eigenvalue weighted by molar-refractivity contribution is 0.224. The van der Waals surface area contributed by atoms with Crippen LogP contribution >= 0.6 is 0 Å². The summed E-state index contributed by atoms with van der Waals surface area (Å²) in [5.41, 5.74) is 4.59. The van der Waals surface area contributed by atoms with E-state index in [1.165, 1.54) is 56.1 Å². The zero-order chi connectivity index (χ0) is 16.5. The van der Waals surface area contributed by atoms with Gasteiger partial charge in [-0.25, -0.2) is 0 Å². The van der Waals surface area contributed by atoms with E-state index in [1.54, 1.807) is 5.57 Å². The van der Waals surface area contributed by atoms with Gasteiger partial charge in [0.2, 0.25) is 0 Å². The summed E-state index contributed by atoms with van der Waals surface area (Å²) in [6.45, 7) is 13.4. The molecule has 0 nitrogen and oxygen atoms in total. The molecular formula is C22H38. The van der Waals surface area contributed by atoms with Crippen LogP contribution in [0.25, 0.3) is 0 Å². The van der Waals surface area contributed by atoms with Gasteiger partial charge in [0.25, 0.3) is 0 Å². The van der Waals surface area contributed by atoms with Crippen LogP contribution in [-0.4, -0.2) is 0 Å². The van der Waals surface area contributed by atoms with Crippen LogP contribution < -0.4 is 0 Å². The van der Waals surface area contributed by atoms with Crippen molar-refractivity contribution in [3.8, 4) is 0 Å². The first kappa shape index (κ1) is 19.3. The van der Waals surface area contributed by atoms with Crippen molar-refractivity contribution in [3.63, 3.8) is 0 Å². The Hall–Kier alpha value is -0.780. The van der Waals surface area contributed by atoms with Gasteiger partial charge >= 0.3 is 0 Å². The van der Waals surface area contributed by atoms with E-state index in [-0.39, 0.29) is 0 Å². The first-order valence-electron chi connectivity index (χ1n) is 9.59. The molecule has 22 heavy (non-hydrogen) atoms. The van der Waals surface area contributed by atoms with Crippen molar-refractivity contribution < 1.29 is 0 Å². The zero-order valence-electron chi connectivity index (χ0n) is 15.9. The standard InChI is InChI=1S/C20H32.C2H6/c1-15-5-11-19(12-6-15)17(3)9-10-18(4)20-13-7-16(2)8-14-20;1-2/h5,9,11,16,18,20H,6-8,10,12-14H2,1-4H3;1-2H3/b17-9+;. The predicted octanol–water partition coefficient (Wildman–Crippen LogP) is 7.48. The van der Waals surface area contributed by atoms with E-state index in [0.29, 0.717) is 0 Å². The van der Waals surface area contributed by atoms with Gasteiger partial charge in [-0.1, -0.05) is 69.9 Å². The molecule has 0 heteroatoms. The first-order valence-corrected chi connectivity index (χ1v) is 9.59. The molecule has 1 saturated carbocycles. The minimum Gasteiger partial charge on any atom is -0.0810 e. The van der Waals surface area contributed by atoms with E-state index in [4.69, 9.17) is 0 Å². The number of hydrogen-bond acceptors (Lipinski definition) is 0. The fraction of sp³-hybridized carbons (Fsp3) is 0.727. The van der Waals surface area contributed by atoms with Crippen molar-refractivity contribution in [1.82, 2.24) is 0 Å². The van der Waals surface area contributed by atoms with Crippen LogP contribution in [0.15, 0.2) is 34.9 Å². The lowest BCUT2D eigenvalue weighted by atomic mass is 9.76. The smallest absolute Gasteiger partial charge is 0.0239 e. The molecule has 0 amide bonds. The Morgan fingerprint density at radius 1 is 1.14 bits per heavy atom. The summed E-state index contributed by atoms with van der Waals surface area (Å²) in [5.74, 6) is 2.80. The molecule has 126 valence electrons. The minimum absolute atomic E-state index is 0.860.